The van der Waals surface area contributed by atoms with Gasteiger partial charge in [-0.3, -0.25) is 4.90 Å². The Bertz CT molecular complexity index is 742. The first-order chi connectivity index (χ1) is 11.1. The monoisotopic (exact) mass is 328 g/mol. The van der Waals surface area contributed by atoms with Crippen molar-refractivity contribution in [3.63, 3.8) is 0 Å². The van der Waals surface area contributed by atoms with Crippen molar-refractivity contribution in [1.82, 2.24) is 14.9 Å². The Labute approximate surface area is 142 Å². The average Bonchev–Trinajstić information content (AvgIpc) is 2.73. The Balaban J connectivity index is 1.63. The number of rotatable bonds is 3. The number of hydrogen-bond donors (Lipinski definition) is 0. The van der Waals surface area contributed by atoms with E-state index >= 15 is 0 Å². The fourth-order valence-electron chi connectivity index (χ4n) is 3.52. The molecule has 0 aliphatic carbocycles. The molecule has 0 unspecified atom stereocenters. The number of hydrogen-bond acceptors (Lipinski definition) is 4. The molecule has 0 saturated carbocycles. The molecule has 0 N–H and O–H groups in total. The number of halogens is 1. The van der Waals surface area contributed by atoms with Gasteiger partial charge >= 0.3 is 0 Å². The van der Waals surface area contributed by atoms with E-state index < -0.39 is 0 Å². The predicted octanol–water partition coefficient (Wildman–Crippen LogP) is 3.73. The van der Waals surface area contributed by atoms with Crippen molar-refractivity contribution in [3.05, 3.63) is 51.9 Å². The van der Waals surface area contributed by atoms with Crippen molar-refractivity contribution >= 4 is 17.4 Å². The molecule has 4 nitrogen and oxygen atoms in total. The summed E-state index contributed by atoms with van der Waals surface area (Å²) in [5.41, 5.74) is 3.75. The van der Waals surface area contributed by atoms with E-state index in [9.17, 15) is 0 Å². The number of fused-ring (bicyclic) bond motifs is 1. The minimum Gasteiger partial charge on any atom is -0.356 e. The second kappa shape index (κ2) is 5.77. The van der Waals surface area contributed by atoms with Crippen molar-refractivity contribution in [2.45, 2.75) is 39.4 Å². The first kappa shape index (κ1) is 14.9. The van der Waals surface area contributed by atoms with E-state index in [0.29, 0.717) is 6.04 Å². The highest BCUT2D eigenvalue weighted by Gasteiger charge is 2.34. The standard InChI is InChI=1S/C18H21ClN4/c1-12-17-16(20-13(2)21-18(17)22-7-4-8-22)11-23(12)10-14-5-3-6-15(19)9-14/h3,5-6,9,12H,4,7-8,10-11H2,1-2H3/t12-/m1/s1. The summed E-state index contributed by atoms with van der Waals surface area (Å²) >= 11 is 6.12. The van der Waals surface area contributed by atoms with E-state index in [2.05, 4.69) is 22.8 Å². The van der Waals surface area contributed by atoms with Crippen LogP contribution in [0.4, 0.5) is 5.82 Å². The van der Waals surface area contributed by atoms with Gasteiger partial charge in [0.05, 0.1) is 5.69 Å². The van der Waals surface area contributed by atoms with Crippen molar-refractivity contribution in [3.8, 4) is 0 Å². The Morgan fingerprint density at radius 3 is 2.78 bits per heavy atom. The molecular formula is C18H21ClN4. The molecule has 5 heteroatoms. The van der Waals surface area contributed by atoms with E-state index in [1.54, 1.807) is 0 Å². The maximum atomic E-state index is 6.12. The number of aryl methyl sites for hydroxylation is 1. The summed E-state index contributed by atoms with van der Waals surface area (Å²) in [5, 5.41) is 0.795. The minimum absolute atomic E-state index is 0.334. The van der Waals surface area contributed by atoms with Crippen molar-refractivity contribution < 1.29 is 0 Å². The summed E-state index contributed by atoms with van der Waals surface area (Å²) < 4.78 is 0. The zero-order valence-corrected chi connectivity index (χ0v) is 14.3. The van der Waals surface area contributed by atoms with Crippen LogP contribution in [0.5, 0.6) is 0 Å². The lowest BCUT2D eigenvalue weighted by atomic mass is 10.1. The lowest BCUT2D eigenvalue weighted by molar-refractivity contribution is 0.219. The second-order valence-electron chi connectivity index (χ2n) is 6.51. The molecule has 1 atom stereocenters. The molecule has 23 heavy (non-hydrogen) atoms. The van der Waals surface area contributed by atoms with Gasteiger partial charge in [0.1, 0.15) is 11.6 Å². The molecule has 3 heterocycles. The van der Waals surface area contributed by atoms with Gasteiger partial charge in [-0.1, -0.05) is 23.7 Å². The highest BCUT2D eigenvalue weighted by molar-refractivity contribution is 6.30. The minimum atomic E-state index is 0.334. The Morgan fingerprint density at radius 1 is 1.26 bits per heavy atom. The summed E-state index contributed by atoms with van der Waals surface area (Å²) in [7, 11) is 0. The topological polar surface area (TPSA) is 32.3 Å². The molecule has 2 aliphatic heterocycles. The Hall–Kier alpha value is -1.65. The van der Waals surface area contributed by atoms with Gasteiger partial charge in [0.25, 0.3) is 0 Å². The molecule has 4 rings (SSSR count). The van der Waals surface area contributed by atoms with Gasteiger partial charge in [0, 0.05) is 42.8 Å². The third kappa shape index (κ3) is 2.70. The fourth-order valence-corrected chi connectivity index (χ4v) is 3.73. The summed E-state index contributed by atoms with van der Waals surface area (Å²) in [5.74, 6) is 2.03. The van der Waals surface area contributed by atoms with Crippen LogP contribution < -0.4 is 4.90 Å². The van der Waals surface area contributed by atoms with Gasteiger partial charge < -0.3 is 4.90 Å². The molecule has 0 amide bonds. The van der Waals surface area contributed by atoms with Crippen molar-refractivity contribution in [2.75, 3.05) is 18.0 Å². The Morgan fingerprint density at radius 2 is 2.09 bits per heavy atom. The van der Waals surface area contributed by atoms with Crippen LogP contribution in [0.3, 0.4) is 0 Å². The number of aromatic nitrogens is 2. The van der Waals surface area contributed by atoms with E-state index in [4.69, 9.17) is 21.6 Å². The summed E-state index contributed by atoms with van der Waals surface area (Å²) in [6, 6.07) is 8.45. The molecule has 1 saturated heterocycles. The SMILES string of the molecule is Cc1nc2c(c(N3CCC3)n1)[C@@H](C)N(Cc1cccc(Cl)c1)C2. The van der Waals surface area contributed by atoms with E-state index in [1.807, 2.05) is 25.1 Å². The Kier molecular flexibility index (Phi) is 3.74. The first-order valence-corrected chi connectivity index (χ1v) is 8.60. The van der Waals surface area contributed by atoms with Gasteiger partial charge in [-0.2, -0.15) is 0 Å². The molecule has 1 aromatic carbocycles. The molecular weight excluding hydrogens is 308 g/mol. The van der Waals surface area contributed by atoms with Crippen molar-refractivity contribution in [1.29, 1.82) is 0 Å². The maximum absolute atomic E-state index is 6.12. The highest BCUT2D eigenvalue weighted by atomic mass is 35.5. The highest BCUT2D eigenvalue weighted by Crippen LogP contribution is 2.39. The van der Waals surface area contributed by atoms with Crippen LogP contribution in [0, 0.1) is 6.92 Å². The summed E-state index contributed by atoms with van der Waals surface area (Å²) in [6.07, 6.45) is 1.26. The molecule has 0 spiro atoms. The molecule has 1 aromatic heterocycles. The van der Waals surface area contributed by atoms with Gasteiger partial charge in [0.2, 0.25) is 0 Å². The quantitative estimate of drug-likeness (QED) is 0.859. The maximum Gasteiger partial charge on any atom is 0.137 e. The normalized spacial score (nSPS) is 20.5. The molecule has 0 bridgehead atoms. The predicted molar refractivity (Wildman–Crippen MR) is 92.7 cm³/mol. The van der Waals surface area contributed by atoms with Crippen LogP contribution in [0.25, 0.3) is 0 Å². The van der Waals surface area contributed by atoms with Crippen LogP contribution in [-0.2, 0) is 13.1 Å². The smallest absolute Gasteiger partial charge is 0.137 e. The number of anilines is 1. The third-order valence-corrected chi connectivity index (χ3v) is 5.10. The van der Waals surface area contributed by atoms with E-state index in [-0.39, 0.29) is 0 Å². The molecule has 2 aliphatic rings. The molecule has 120 valence electrons. The van der Waals surface area contributed by atoms with Crippen LogP contribution in [0.2, 0.25) is 5.02 Å². The summed E-state index contributed by atoms with van der Waals surface area (Å²) in [4.78, 5) is 14.3. The van der Waals surface area contributed by atoms with Gasteiger partial charge in [-0.05, 0) is 38.0 Å². The van der Waals surface area contributed by atoms with E-state index in [0.717, 1.165) is 42.8 Å². The molecule has 0 radical (unpaired) electrons. The van der Waals surface area contributed by atoms with Crippen LogP contribution in [-0.4, -0.2) is 28.0 Å². The molecule has 2 aromatic rings. The average molecular weight is 329 g/mol. The van der Waals surface area contributed by atoms with Gasteiger partial charge in [-0.15, -0.1) is 0 Å². The zero-order valence-electron chi connectivity index (χ0n) is 13.6. The number of nitrogens with zero attached hydrogens (tertiary/aromatic N) is 4. The fraction of sp³-hybridized carbons (Fsp3) is 0.444. The lowest BCUT2D eigenvalue weighted by Crippen LogP contribution is -2.39. The van der Waals surface area contributed by atoms with Gasteiger partial charge in [-0.25, -0.2) is 9.97 Å². The largest absolute Gasteiger partial charge is 0.356 e. The van der Waals surface area contributed by atoms with Crippen LogP contribution in [0.1, 0.15) is 42.0 Å². The van der Waals surface area contributed by atoms with E-state index in [1.165, 1.54) is 23.2 Å². The lowest BCUT2D eigenvalue weighted by Gasteiger charge is -2.34. The number of benzene rings is 1. The third-order valence-electron chi connectivity index (χ3n) is 4.86. The zero-order chi connectivity index (χ0) is 16.0. The molecule has 1 fully saturated rings. The second-order valence-corrected chi connectivity index (χ2v) is 6.94. The van der Waals surface area contributed by atoms with Crippen LogP contribution >= 0.6 is 11.6 Å². The first-order valence-electron chi connectivity index (χ1n) is 8.22. The van der Waals surface area contributed by atoms with Crippen molar-refractivity contribution in [2.24, 2.45) is 0 Å². The summed E-state index contributed by atoms with van der Waals surface area (Å²) in [6.45, 7) is 8.25. The van der Waals surface area contributed by atoms with Crippen LogP contribution in [0.15, 0.2) is 24.3 Å². The van der Waals surface area contributed by atoms with Gasteiger partial charge in [0.15, 0.2) is 0 Å².